The zero-order chi connectivity index (χ0) is 25.0. The lowest BCUT2D eigenvalue weighted by Gasteiger charge is -2.31. The number of sulfonamides is 1. The van der Waals surface area contributed by atoms with Crippen LogP contribution in [-0.2, 0) is 10.0 Å². The predicted molar refractivity (Wildman–Crippen MR) is 141 cm³/mol. The Hall–Kier alpha value is -2.76. The molecular formula is C24H26ClN5O3S2. The van der Waals surface area contributed by atoms with Gasteiger partial charge in [-0.15, -0.1) is 0 Å². The first-order valence-electron chi connectivity index (χ1n) is 11.1. The highest BCUT2D eigenvalue weighted by molar-refractivity contribution is 7.89. The minimum atomic E-state index is -3.87. The molecule has 3 N–H and O–H groups in total. The van der Waals surface area contributed by atoms with E-state index < -0.39 is 16.1 Å². The molecule has 35 heavy (non-hydrogen) atoms. The number of nitrogens with two attached hydrogens (primary N) is 1. The molecule has 0 amide bonds. The van der Waals surface area contributed by atoms with Gasteiger partial charge in [0, 0.05) is 16.9 Å². The monoisotopic (exact) mass is 531 g/mol. The van der Waals surface area contributed by atoms with Crippen LogP contribution in [0.3, 0.4) is 0 Å². The maximum Gasteiger partial charge on any atom is 0.280 e. The second-order valence-electron chi connectivity index (χ2n) is 7.89. The smallest absolute Gasteiger partial charge is 0.280 e. The number of halogens is 1. The van der Waals surface area contributed by atoms with Crippen LogP contribution in [0.1, 0.15) is 31.6 Å². The molecule has 0 saturated carbocycles. The average Bonchev–Trinajstić information content (AvgIpc) is 3.40. The SMILES string of the molecule is CCC(c1nc2cc(Cl)ccc2c(=O)n1Nc1ccccc1)N(CCCN)S(=O)(=O)c1ccsc1. The fraction of sp³-hybridized carbons (Fsp3) is 0.250. The molecule has 8 nitrogen and oxygen atoms in total. The average molecular weight is 532 g/mol. The standard InChI is InChI=1S/C24H26ClN5O3S2/c1-2-22(29(13-6-12-26)35(32,33)19-11-14-34-16-19)23-27-21-15-17(25)9-10-20(21)24(31)30(23)28-18-7-4-3-5-8-18/h3-5,7-11,14-16,22,28H,2,6,12-13,26H2,1H3. The summed E-state index contributed by atoms with van der Waals surface area (Å²) in [6.45, 7) is 2.37. The minimum absolute atomic E-state index is 0.183. The number of fused-ring (bicyclic) bond motifs is 1. The van der Waals surface area contributed by atoms with Gasteiger partial charge in [0.15, 0.2) is 5.82 Å². The number of hydrogen-bond acceptors (Lipinski definition) is 7. The number of nitrogens with one attached hydrogen (secondary N) is 1. The molecule has 4 aromatic rings. The molecule has 0 saturated heterocycles. The van der Waals surface area contributed by atoms with Gasteiger partial charge in [-0.05, 0) is 61.2 Å². The predicted octanol–water partition coefficient (Wildman–Crippen LogP) is 4.48. The third kappa shape index (κ3) is 5.26. The van der Waals surface area contributed by atoms with Crippen LogP contribution in [0.4, 0.5) is 5.69 Å². The first-order valence-corrected chi connectivity index (χ1v) is 13.9. The zero-order valence-corrected chi connectivity index (χ0v) is 21.5. The van der Waals surface area contributed by atoms with Gasteiger partial charge in [-0.25, -0.2) is 18.1 Å². The molecule has 1 unspecified atom stereocenters. The number of para-hydroxylation sites is 1. The summed E-state index contributed by atoms with van der Waals surface area (Å²) >= 11 is 7.50. The van der Waals surface area contributed by atoms with Crippen LogP contribution < -0.4 is 16.7 Å². The molecule has 0 aliphatic rings. The third-order valence-corrected chi connectivity index (χ3v) is 8.56. The van der Waals surface area contributed by atoms with Crippen molar-refractivity contribution < 1.29 is 8.42 Å². The minimum Gasteiger partial charge on any atom is -0.330 e. The van der Waals surface area contributed by atoms with Crippen LogP contribution in [0.2, 0.25) is 5.02 Å². The van der Waals surface area contributed by atoms with Gasteiger partial charge in [0.2, 0.25) is 10.0 Å². The molecule has 0 fully saturated rings. The quantitative estimate of drug-likeness (QED) is 0.312. The topological polar surface area (TPSA) is 110 Å². The maximum absolute atomic E-state index is 13.7. The van der Waals surface area contributed by atoms with Crippen LogP contribution in [0.25, 0.3) is 10.9 Å². The molecule has 1 atom stereocenters. The zero-order valence-electron chi connectivity index (χ0n) is 19.1. The highest BCUT2D eigenvalue weighted by Crippen LogP contribution is 2.31. The lowest BCUT2D eigenvalue weighted by molar-refractivity contribution is 0.297. The number of aromatic nitrogens is 2. The Kier molecular flexibility index (Phi) is 7.88. The highest BCUT2D eigenvalue weighted by atomic mass is 35.5. The molecule has 2 aromatic carbocycles. The Morgan fingerprint density at radius 2 is 1.97 bits per heavy atom. The lowest BCUT2D eigenvalue weighted by atomic mass is 10.1. The fourth-order valence-electron chi connectivity index (χ4n) is 3.89. The van der Waals surface area contributed by atoms with Gasteiger partial charge in [-0.1, -0.05) is 36.7 Å². The summed E-state index contributed by atoms with van der Waals surface area (Å²) in [5, 5.41) is 4.12. The summed E-state index contributed by atoms with van der Waals surface area (Å²) < 4.78 is 30.1. The normalized spacial score (nSPS) is 12.8. The van der Waals surface area contributed by atoms with Gasteiger partial charge < -0.3 is 5.73 Å². The summed E-state index contributed by atoms with van der Waals surface area (Å²) in [7, 11) is -3.87. The molecule has 0 aliphatic carbocycles. The number of thiophene rings is 1. The maximum atomic E-state index is 13.7. The second kappa shape index (κ2) is 10.9. The van der Waals surface area contributed by atoms with E-state index in [4.69, 9.17) is 22.3 Å². The summed E-state index contributed by atoms with van der Waals surface area (Å²) in [5.41, 5.74) is 9.58. The van der Waals surface area contributed by atoms with E-state index in [1.54, 1.807) is 35.0 Å². The summed E-state index contributed by atoms with van der Waals surface area (Å²) in [6.07, 6.45) is 0.832. The van der Waals surface area contributed by atoms with E-state index in [-0.39, 0.29) is 22.8 Å². The number of anilines is 1. The van der Waals surface area contributed by atoms with Crippen LogP contribution in [0, 0.1) is 0 Å². The fourth-order valence-corrected chi connectivity index (χ4v) is 6.77. The first-order chi connectivity index (χ1) is 16.9. The van der Waals surface area contributed by atoms with E-state index in [1.165, 1.54) is 20.3 Å². The van der Waals surface area contributed by atoms with Crippen molar-refractivity contribution >= 4 is 49.6 Å². The van der Waals surface area contributed by atoms with E-state index in [0.29, 0.717) is 41.0 Å². The van der Waals surface area contributed by atoms with Crippen LogP contribution in [-0.4, -0.2) is 35.5 Å². The second-order valence-corrected chi connectivity index (χ2v) is 11.0. The Balaban J connectivity index is 1.94. The van der Waals surface area contributed by atoms with Gasteiger partial charge in [-0.3, -0.25) is 10.2 Å². The number of hydrogen-bond donors (Lipinski definition) is 2. The Bertz CT molecular complexity index is 1460. The molecule has 0 bridgehead atoms. The van der Waals surface area contributed by atoms with E-state index >= 15 is 0 Å². The van der Waals surface area contributed by atoms with Crippen molar-refractivity contribution in [2.45, 2.75) is 30.7 Å². The van der Waals surface area contributed by atoms with Crippen molar-refractivity contribution in [2.24, 2.45) is 5.73 Å². The first kappa shape index (κ1) is 25.3. The van der Waals surface area contributed by atoms with Crippen molar-refractivity contribution in [1.29, 1.82) is 0 Å². The summed E-state index contributed by atoms with van der Waals surface area (Å²) in [5.74, 6) is 0.270. The van der Waals surface area contributed by atoms with Crippen LogP contribution in [0.5, 0.6) is 0 Å². The molecule has 4 rings (SSSR count). The Morgan fingerprint density at radius 3 is 2.63 bits per heavy atom. The van der Waals surface area contributed by atoms with Crippen LogP contribution >= 0.6 is 22.9 Å². The summed E-state index contributed by atoms with van der Waals surface area (Å²) in [4.78, 5) is 18.6. The van der Waals surface area contributed by atoms with Crippen LogP contribution in [0.15, 0.2) is 75.0 Å². The largest absolute Gasteiger partial charge is 0.330 e. The molecule has 11 heteroatoms. The number of rotatable bonds is 10. The van der Waals surface area contributed by atoms with Gasteiger partial charge in [0.05, 0.1) is 27.5 Å². The van der Waals surface area contributed by atoms with Crippen molar-refractivity contribution in [3.8, 4) is 0 Å². The molecule has 184 valence electrons. The Morgan fingerprint density at radius 1 is 1.20 bits per heavy atom. The van der Waals surface area contributed by atoms with Gasteiger partial charge in [-0.2, -0.15) is 15.6 Å². The number of benzene rings is 2. The molecule has 0 spiro atoms. The molecule has 2 aromatic heterocycles. The van der Waals surface area contributed by atoms with Gasteiger partial charge in [0.1, 0.15) is 0 Å². The van der Waals surface area contributed by atoms with E-state index in [9.17, 15) is 13.2 Å². The van der Waals surface area contributed by atoms with E-state index in [0.717, 1.165) is 0 Å². The van der Waals surface area contributed by atoms with Crippen molar-refractivity contribution in [2.75, 3.05) is 18.5 Å². The number of nitrogens with zero attached hydrogens (tertiary/aromatic N) is 3. The molecule has 0 aliphatic heterocycles. The highest BCUT2D eigenvalue weighted by Gasteiger charge is 2.34. The Labute approximate surface area is 213 Å². The lowest BCUT2D eigenvalue weighted by Crippen LogP contribution is -2.41. The molecular weight excluding hydrogens is 506 g/mol. The summed E-state index contributed by atoms with van der Waals surface area (Å²) in [6, 6.07) is 14.9. The van der Waals surface area contributed by atoms with Crippen molar-refractivity contribution in [3.63, 3.8) is 0 Å². The third-order valence-electron chi connectivity index (χ3n) is 5.59. The van der Waals surface area contributed by atoms with Gasteiger partial charge in [0.25, 0.3) is 5.56 Å². The van der Waals surface area contributed by atoms with E-state index in [1.807, 2.05) is 37.3 Å². The van der Waals surface area contributed by atoms with E-state index in [2.05, 4.69) is 5.43 Å². The van der Waals surface area contributed by atoms with Crippen molar-refractivity contribution in [3.05, 3.63) is 86.6 Å². The van der Waals surface area contributed by atoms with Crippen molar-refractivity contribution in [1.82, 2.24) is 14.0 Å². The molecule has 2 heterocycles. The van der Waals surface area contributed by atoms with Gasteiger partial charge >= 0.3 is 0 Å². The molecule has 0 radical (unpaired) electrons.